The van der Waals surface area contributed by atoms with E-state index in [9.17, 15) is 14.9 Å². The highest BCUT2D eigenvalue weighted by molar-refractivity contribution is 5.93. The largest absolute Gasteiger partial charge is 0.477 e. The summed E-state index contributed by atoms with van der Waals surface area (Å²) in [5.74, 6) is 0.0211. The van der Waals surface area contributed by atoms with Crippen LogP contribution in [0.4, 0.5) is 10.5 Å². The van der Waals surface area contributed by atoms with Gasteiger partial charge in [-0.15, -0.1) is 0 Å². The smallest absolute Gasteiger partial charge is 0.407 e. The zero-order valence-electron chi connectivity index (χ0n) is 18.1. The second kappa shape index (κ2) is 10.1. The van der Waals surface area contributed by atoms with E-state index in [1.54, 1.807) is 6.92 Å². The molecule has 1 heterocycles. The van der Waals surface area contributed by atoms with Crippen LogP contribution in [-0.2, 0) is 4.74 Å². The van der Waals surface area contributed by atoms with Crippen molar-refractivity contribution in [1.29, 1.82) is 5.26 Å². The van der Waals surface area contributed by atoms with Crippen LogP contribution in [0.2, 0.25) is 0 Å². The molecule has 0 aromatic carbocycles. The fourth-order valence-corrected chi connectivity index (χ4v) is 3.32. The third kappa shape index (κ3) is 6.79. The molecule has 164 valence electrons. The summed E-state index contributed by atoms with van der Waals surface area (Å²) in [5.41, 5.74) is 5.76. The van der Waals surface area contributed by atoms with Crippen molar-refractivity contribution in [2.45, 2.75) is 65.0 Å². The Hall–Kier alpha value is -3.02. The van der Waals surface area contributed by atoms with Crippen molar-refractivity contribution in [2.24, 2.45) is 5.92 Å². The Morgan fingerprint density at radius 1 is 1.30 bits per heavy atom. The predicted molar refractivity (Wildman–Crippen MR) is 112 cm³/mol. The first-order valence-corrected chi connectivity index (χ1v) is 10.2. The van der Waals surface area contributed by atoms with Crippen LogP contribution in [0.1, 0.15) is 69.4 Å². The molecule has 1 fully saturated rings. The van der Waals surface area contributed by atoms with E-state index in [0.717, 1.165) is 25.7 Å². The number of hydrogen-bond donors (Lipinski definition) is 3. The number of nitriles is 1. The van der Waals surface area contributed by atoms with E-state index in [-0.39, 0.29) is 34.8 Å². The van der Waals surface area contributed by atoms with Crippen molar-refractivity contribution < 1.29 is 19.1 Å². The number of aromatic nitrogens is 1. The number of anilines is 1. The Morgan fingerprint density at radius 3 is 2.53 bits per heavy atom. The van der Waals surface area contributed by atoms with Gasteiger partial charge in [0.05, 0.1) is 12.3 Å². The molecule has 1 aromatic heterocycles. The summed E-state index contributed by atoms with van der Waals surface area (Å²) in [6.07, 6.45) is 3.03. The van der Waals surface area contributed by atoms with Crippen molar-refractivity contribution in [3.63, 3.8) is 0 Å². The fraction of sp³-hybridized carbons (Fsp3) is 0.619. The van der Waals surface area contributed by atoms with E-state index in [4.69, 9.17) is 15.2 Å². The van der Waals surface area contributed by atoms with E-state index in [2.05, 4.69) is 15.6 Å². The average molecular weight is 418 g/mol. The number of nitrogen functional groups attached to an aromatic ring is 1. The first kappa shape index (κ1) is 23.3. The van der Waals surface area contributed by atoms with Crippen LogP contribution in [0.25, 0.3) is 0 Å². The van der Waals surface area contributed by atoms with E-state index in [1.807, 2.05) is 26.8 Å². The lowest BCUT2D eigenvalue weighted by Gasteiger charge is -2.30. The number of carbonyl (C=O) groups is 2. The molecule has 1 saturated carbocycles. The molecule has 4 N–H and O–H groups in total. The number of nitrogens with zero attached hydrogens (tertiary/aromatic N) is 2. The molecule has 9 nitrogen and oxygen atoms in total. The molecule has 0 atom stereocenters. The zero-order valence-corrected chi connectivity index (χ0v) is 18.1. The minimum absolute atomic E-state index is 0.0684. The van der Waals surface area contributed by atoms with Gasteiger partial charge in [-0.1, -0.05) is 0 Å². The van der Waals surface area contributed by atoms with Crippen molar-refractivity contribution >= 4 is 17.7 Å². The monoisotopic (exact) mass is 417 g/mol. The van der Waals surface area contributed by atoms with E-state index >= 15 is 0 Å². The molecule has 2 amide bonds. The van der Waals surface area contributed by atoms with Gasteiger partial charge in [-0.3, -0.25) is 4.79 Å². The fourth-order valence-electron chi connectivity index (χ4n) is 3.32. The average Bonchev–Trinajstić information content (AvgIpc) is 2.65. The van der Waals surface area contributed by atoms with Gasteiger partial charge in [0.1, 0.15) is 22.9 Å². The van der Waals surface area contributed by atoms with Gasteiger partial charge in [0.25, 0.3) is 5.91 Å². The van der Waals surface area contributed by atoms with Crippen LogP contribution in [0.3, 0.4) is 0 Å². The molecule has 1 aliphatic rings. The molecule has 0 unspecified atom stereocenters. The topological polar surface area (TPSA) is 139 Å². The first-order chi connectivity index (χ1) is 14.1. The second-order valence-corrected chi connectivity index (χ2v) is 8.40. The van der Waals surface area contributed by atoms with Crippen LogP contribution < -0.4 is 21.1 Å². The highest BCUT2D eigenvalue weighted by atomic mass is 16.6. The normalized spacial score (nSPS) is 18.8. The maximum Gasteiger partial charge on any atom is 0.407 e. The van der Waals surface area contributed by atoms with Crippen LogP contribution in [0, 0.1) is 17.2 Å². The lowest BCUT2D eigenvalue weighted by atomic mass is 9.86. The minimum Gasteiger partial charge on any atom is -0.477 e. The highest BCUT2D eigenvalue weighted by Crippen LogP contribution is 2.25. The van der Waals surface area contributed by atoms with Crippen molar-refractivity contribution in [3.8, 4) is 11.9 Å². The summed E-state index contributed by atoms with van der Waals surface area (Å²) >= 11 is 0. The molecule has 0 bridgehead atoms. The number of carbonyl (C=O) groups excluding carboxylic acids is 2. The molecular formula is C21H31N5O4. The van der Waals surface area contributed by atoms with Gasteiger partial charge in [-0.2, -0.15) is 5.26 Å². The summed E-state index contributed by atoms with van der Waals surface area (Å²) in [6, 6.07) is 3.42. The molecule has 0 saturated heterocycles. The third-order valence-corrected chi connectivity index (χ3v) is 4.76. The standard InChI is InChI=1S/C21H31N5O4/c1-5-29-19-15(11-22)16(23)10-17(26-19)18(27)24-12-13-6-8-14(9-7-13)25-20(28)30-21(2,3)4/h10,13-14H,5-9,12H2,1-4H3,(H2,23,26)(H,24,27)(H,25,28). The van der Waals surface area contributed by atoms with Gasteiger partial charge in [-0.05, 0) is 65.4 Å². The van der Waals surface area contributed by atoms with Crippen molar-refractivity contribution in [1.82, 2.24) is 15.6 Å². The second-order valence-electron chi connectivity index (χ2n) is 8.40. The number of ether oxygens (including phenoxy) is 2. The SMILES string of the molecule is CCOc1nc(C(=O)NCC2CCC(NC(=O)OC(C)(C)C)CC2)cc(N)c1C#N. The van der Waals surface area contributed by atoms with E-state index in [0.29, 0.717) is 19.1 Å². The minimum atomic E-state index is -0.517. The Labute approximate surface area is 177 Å². The maximum absolute atomic E-state index is 12.5. The number of hydrogen-bond acceptors (Lipinski definition) is 7. The molecule has 0 spiro atoms. The zero-order chi connectivity index (χ0) is 22.3. The van der Waals surface area contributed by atoms with Crippen LogP contribution >= 0.6 is 0 Å². The highest BCUT2D eigenvalue weighted by Gasteiger charge is 2.25. The van der Waals surface area contributed by atoms with Crippen LogP contribution in [0.15, 0.2) is 6.07 Å². The van der Waals surface area contributed by atoms with Gasteiger partial charge < -0.3 is 25.8 Å². The molecule has 9 heteroatoms. The molecular weight excluding hydrogens is 386 g/mol. The summed E-state index contributed by atoms with van der Waals surface area (Å²) in [4.78, 5) is 28.5. The van der Waals surface area contributed by atoms with Gasteiger partial charge >= 0.3 is 6.09 Å². The quantitative estimate of drug-likeness (QED) is 0.646. The van der Waals surface area contributed by atoms with Crippen molar-refractivity contribution in [3.05, 3.63) is 17.3 Å². The van der Waals surface area contributed by atoms with Gasteiger partial charge in [0.2, 0.25) is 5.88 Å². The number of nitrogens with two attached hydrogens (primary N) is 1. The first-order valence-electron chi connectivity index (χ1n) is 10.2. The molecule has 1 aromatic rings. The van der Waals surface area contributed by atoms with Gasteiger partial charge in [0, 0.05) is 12.6 Å². The molecule has 0 aliphatic heterocycles. The Bertz CT molecular complexity index is 805. The van der Waals surface area contributed by atoms with Gasteiger partial charge in [0.15, 0.2) is 0 Å². The van der Waals surface area contributed by atoms with Crippen molar-refractivity contribution in [2.75, 3.05) is 18.9 Å². The lowest BCUT2D eigenvalue weighted by Crippen LogP contribution is -2.42. The Morgan fingerprint density at radius 2 is 1.97 bits per heavy atom. The van der Waals surface area contributed by atoms with E-state index in [1.165, 1.54) is 6.07 Å². The third-order valence-electron chi connectivity index (χ3n) is 4.76. The van der Waals surface area contributed by atoms with Gasteiger partial charge in [-0.25, -0.2) is 9.78 Å². The number of pyridine rings is 1. The molecule has 2 rings (SSSR count). The van der Waals surface area contributed by atoms with E-state index < -0.39 is 11.7 Å². The number of nitrogens with one attached hydrogen (secondary N) is 2. The van der Waals surface area contributed by atoms with Crippen LogP contribution in [0.5, 0.6) is 5.88 Å². The maximum atomic E-state index is 12.5. The number of alkyl carbamates (subject to hydrolysis) is 1. The Kier molecular flexibility index (Phi) is 7.86. The van der Waals surface area contributed by atoms with Crippen LogP contribution in [-0.4, -0.2) is 41.8 Å². The summed E-state index contributed by atoms with van der Waals surface area (Å²) in [7, 11) is 0. The number of rotatable bonds is 6. The number of amides is 2. The summed E-state index contributed by atoms with van der Waals surface area (Å²) in [5, 5.41) is 15.0. The Balaban J connectivity index is 1.84. The predicted octanol–water partition coefficient (Wildman–Crippen LogP) is 2.75. The summed E-state index contributed by atoms with van der Waals surface area (Å²) < 4.78 is 10.6. The summed E-state index contributed by atoms with van der Waals surface area (Å²) in [6.45, 7) is 8.08. The molecule has 0 radical (unpaired) electrons. The lowest BCUT2D eigenvalue weighted by molar-refractivity contribution is 0.0487. The molecule has 30 heavy (non-hydrogen) atoms. The molecule has 1 aliphatic carbocycles.